The number of halogens is 1. The van der Waals surface area contributed by atoms with E-state index in [9.17, 15) is 4.39 Å². The zero-order valence-electron chi connectivity index (χ0n) is 12.8. The molecule has 0 spiro atoms. The summed E-state index contributed by atoms with van der Waals surface area (Å²) in [5, 5.41) is 3.56. The van der Waals surface area contributed by atoms with Gasteiger partial charge in [-0.1, -0.05) is 52.8 Å². The molecule has 1 aromatic rings. The van der Waals surface area contributed by atoms with Crippen molar-refractivity contribution in [3.8, 4) is 0 Å². The highest BCUT2D eigenvalue weighted by Gasteiger charge is 2.67. The fourth-order valence-electron chi connectivity index (χ4n) is 3.52. The molecule has 1 fully saturated rings. The lowest BCUT2D eigenvalue weighted by atomic mass is 9.96. The lowest BCUT2D eigenvalue weighted by Crippen LogP contribution is -2.27. The summed E-state index contributed by atoms with van der Waals surface area (Å²) < 4.78 is 14.1. The Kier molecular flexibility index (Phi) is 3.74. The molecular weight excluding hydrogens is 237 g/mol. The van der Waals surface area contributed by atoms with E-state index in [-0.39, 0.29) is 22.7 Å². The van der Waals surface area contributed by atoms with E-state index in [1.54, 1.807) is 12.1 Å². The SMILES string of the molecule is CCCNC(c1ccccc1F)C1C(C)(C)C1(C)C. The van der Waals surface area contributed by atoms with Crippen LogP contribution in [0.4, 0.5) is 4.39 Å². The summed E-state index contributed by atoms with van der Waals surface area (Å²) in [5.74, 6) is 0.387. The first-order valence-electron chi connectivity index (χ1n) is 7.32. The first-order chi connectivity index (χ1) is 8.84. The van der Waals surface area contributed by atoms with Gasteiger partial charge in [0.25, 0.3) is 0 Å². The number of hydrogen-bond donors (Lipinski definition) is 1. The minimum atomic E-state index is -0.0883. The molecule has 0 saturated heterocycles. The summed E-state index contributed by atoms with van der Waals surface area (Å²) in [5.41, 5.74) is 1.32. The highest BCUT2D eigenvalue weighted by molar-refractivity contribution is 5.28. The highest BCUT2D eigenvalue weighted by atomic mass is 19.1. The monoisotopic (exact) mass is 263 g/mol. The lowest BCUT2D eigenvalue weighted by molar-refractivity contribution is 0.396. The van der Waals surface area contributed by atoms with Crippen LogP contribution in [0.2, 0.25) is 0 Å². The van der Waals surface area contributed by atoms with Gasteiger partial charge in [-0.15, -0.1) is 0 Å². The maximum atomic E-state index is 14.1. The maximum Gasteiger partial charge on any atom is 0.127 e. The van der Waals surface area contributed by atoms with E-state index in [0.29, 0.717) is 5.92 Å². The quantitative estimate of drug-likeness (QED) is 0.822. The Hall–Kier alpha value is -0.890. The van der Waals surface area contributed by atoms with E-state index in [0.717, 1.165) is 18.5 Å². The van der Waals surface area contributed by atoms with E-state index < -0.39 is 0 Å². The predicted molar refractivity (Wildman–Crippen MR) is 78.5 cm³/mol. The Bertz CT molecular complexity index is 436. The summed E-state index contributed by atoms with van der Waals surface area (Å²) in [6, 6.07) is 7.30. The summed E-state index contributed by atoms with van der Waals surface area (Å²) in [6.07, 6.45) is 1.07. The van der Waals surface area contributed by atoms with E-state index in [1.165, 1.54) is 0 Å². The van der Waals surface area contributed by atoms with Crippen LogP contribution in [-0.4, -0.2) is 6.54 Å². The average molecular weight is 263 g/mol. The largest absolute Gasteiger partial charge is 0.310 e. The van der Waals surface area contributed by atoms with Gasteiger partial charge in [0.1, 0.15) is 5.82 Å². The van der Waals surface area contributed by atoms with Crippen LogP contribution >= 0.6 is 0 Å². The molecule has 2 rings (SSSR count). The molecule has 0 bridgehead atoms. The van der Waals surface area contributed by atoms with E-state index in [2.05, 4.69) is 39.9 Å². The van der Waals surface area contributed by atoms with Crippen molar-refractivity contribution in [2.45, 2.75) is 47.1 Å². The second-order valence-corrected chi connectivity index (χ2v) is 6.87. The third-order valence-electron chi connectivity index (χ3n) is 5.32. The summed E-state index contributed by atoms with van der Waals surface area (Å²) in [6.45, 7) is 12.2. The Morgan fingerprint density at radius 1 is 1.16 bits per heavy atom. The normalized spacial score (nSPS) is 22.2. The van der Waals surface area contributed by atoms with Gasteiger partial charge in [-0.2, -0.15) is 0 Å². The molecule has 0 amide bonds. The van der Waals surface area contributed by atoms with E-state index in [4.69, 9.17) is 0 Å². The molecule has 1 aliphatic rings. The highest BCUT2D eigenvalue weighted by Crippen LogP contribution is 2.72. The van der Waals surface area contributed by atoms with Crippen molar-refractivity contribution in [2.75, 3.05) is 6.54 Å². The second-order valence-electron chi connectivity index (χ2n) is 6.87. The number of rotatable bonds is 5. The Morgan fingerprint density at radius 3 is 2.21 bits per heavy atom. The molecule has 1 atom stereocenters. The smallest absolute Gasteiger partial charge is 0.127 e. The van der Waals surface area contributed by atoms with Gasteiger partial charge in [0, 0.05) is 11.6 Å². The second kappa shape index (κ2) is 4.90. The molecule has 1 unspecified atom stereocenters. The molecule has 1 nitrogen and oxygen atoms in total. The molecule has 0 radical (unpaired) electrons. The standard InChI is InChI=1S/C17H26FN/c1-6-11-19-14(12-9-7-8-10-13(12)18)15-16(2,3)17(15,4)5/h7-10,14-15,19H,6,11H2,1-5H3. The number of hydrogen-bond acceptors (Lipinski definition) is 1. The van der Waals surface area contributed by atoms with E-state index in [1.807, 2.05) is 12.1 Å². The lowest BCUT2D eigenvalue weighted by Gasteiger charge is -2.22. The van der Waals surface area contributed by atoms with Crippen molar-refractivity contribution >= 4 is 0 Å². The molecule has 0 heterocycles. The first kappa shape index (κ1) is 14.5. The summed E-state index contributed by atoms with van der Waals surface area (Å²) in [4.78, 5) is 0. The molecular formula is C17H26FN. The molecule has 1 aliphatic carbocycles. The van der Waals surface area contributed by atoms with Gasteiger partial charge in [-0.25, -0.2) is 4.39 Å². The van der Waals surface area contributed by atoms with Crippen molar-refractivity contribution in [1.29, 1.82) is 0 Å². The maximum absolute atomic E-state index is 14.1. The average Bonchev–Trinajstić information content (AvgIpc) is 2.74. The number of nitrogens with one attached hydrogen (secondary N) is 1. The zero-order valence-corrected chi connectivity index (χ0v) is 12.8. The van der Waals surface area contributed by atoms with Crippen LogP contribution in [0.3, 0.4) is 0 Å². The van der Waals surface area contributed by atoms with Gasteiger partial charge in [-0.3, -0.25) is 0 Å². The van der Waals surface area contributed by atoms with Crippen molar-refractivity contribution in [2.24, 2.45) is 16.7 Å². The summed E-state index contributed by atoms with van der Waals surface area (Å²) >= 11 is 0. The van der Waals surface area contributed by atoms with Crippen molar-refractivity contribution < 1.29 is 4.39 Å². The minimum absolute atomic E-state index is 0.0883. The predicted octanol–water partition coefficient (Wildman–Crippen LogP) is 4.55. The van der Waals surface area contributed by atoms with Gasteiger partial charge < -0.3 is 5.32 Å². The van der Waals surface area contributed by atoms with Crippen molar-refractivity contribution in [1.82, 2.24) is 5.32 Å². The van der Waals surface area contributed by atoms with Gasteiger partial charge in [0.15, 0.2) is 0 Å². The molecule has 1 saturated carbocycles. The minimum Gasteiger partial charge on any atom is -0.310 e. The van der Waals surface area contributed by atoms with Gasteiger partial charge >= 0.3 is 0 Å². The van der Waals surface area contributed by atoms with Crippen LogP contribution in [0.5, 0.6) is 0 Å². The summed E-state index contributed by atoms with van der Waals surface area (Å²) in [7, 11) is 0. The molecule has 19 heavy (non-hydrogen) atoms. The third kappa shape index (κ3) is 2.31. The van der Waals surface area contributed by atoms with Crippen LogP contribution in [0, 0.1) is 22.6 Å². The van der Waals surface area contributed by atoms with Crippen LogP contribution < -0.4 is 5.32 Å². The van der Waals surface area contributed by atoms with E-state index >= 15 is 0 Å². The Labute approximate surface area is 116 Å². The molecule has 1 N–H and O–H groups in total. The zero-order chi connectivity index (χ0) is 14.3. The van der Waals surface area contributed by atoms with Crippen LogP contribution in [0.25, 0.3) is 0 Å². The molecule has 0 aromatic heterocycles. The fraction of sp³-hybridized carbons (Fsp3) is 0.647. The van der Waals surface area contributed by atoms with Crippen molar-refractivity contribution in [3.05, 3.63) is 35.6 Å². The Balaban J connectivity index is 2.31. The third-order valence-corrected chi connectivity index (χ3v) is 5.32. The van der Waals surface area contributed by atoms with Crippen LogP contribution in [0.15, 0.2) is 24.3 Å². The van der Waals surface area contributed by atoms with Crippen LogP contribution in [-0.2, 0) is 0 Å². The van der Waals surface area contributed by atoms with Gasteiger partial charge in [-0.05, 0) is 35.8 Å². The fourth-order valence-corrected chi connectivity index (χ4v) is 3.52. The van der Waals surface area contributed by atoms with Crippen molar-refractivity contribution in [3.63, 3.8) is 0 Å². The topological polar surface area (TPSA) is 12.0 Å². The molecule has 0 aliphatic heterocycles. The molecule has 2 heteroatoms. The number of benzene rings is 1. The van der Waals surface area contributed by atoms with Crippen LogP contribution in [0.1, 0.15) is 52.6 Å². The molecule has 1 aromatic carbocycles. The Morgan fingerprint density at radius 2 is 1.74 bits per heavy atom. The van der Waals surface area contributed by atoms with Gasteiger partial charge in [0.05, 0.1) is 0 Å². The molecule has 106 valence electrons. The van der Waals surface area contributed by atoms with Gasteiger partial charge in [0.2, 0.25) is 0 Å². The first-order valence-corrected chi connectivity index (χ1v) is 7.32.